The lowest BCUT2D eigenvalue weighted by atomic mass is 9.89. The summed E-state index contributed by atoms with van der Waals surface area (Å²) in [5.74, 6) is 1.63. The quantitative estimate of drug-likeness (QED) is 0.466. The first-order chi connectivity index (χ1) is 14.0. The molecule has 1 atom stereocenters. The van der Waals surface area contributed by atoms with Crippen LogP contribution in [0, 0.1) is 17.2 Å². The molecule has 1 aromatic carbocycles. The number of thiophene rings is 1. The Labute approximate surface area is 177 Å². The molecular formula is C21H21N5OS2. The first-order valence-electron chi connectivity index (χ1n) is 9.54. The van der Waals surface area contributed by atoms with Crippen LogP contribution in [0.2, 0.25) is 0 Å². The Morgan fingerprint density at radius 3 is 3.07 bits per heavy atom. The van der Waals surface area contributed by atoms with Crippen molar-refractivity contribution in [1.82, 2.24) is 9.97 Å². The van der Waals surface area contributed by atoms with Gasteiger partial charge in [-0.1, -0.05) is 30.8 Å². The van der Waals surface area contributed by atoms with E-state index in [-0.39, 0.29) is 5.91 Å². The highest BCUT2D eigenvalue weighted by Crippen LogP contribution is 2.39. The molecule has 2 heterocycles. The molecule has 3 aromatic rings. The number of nitriles is 1. The van der Waals surface area contributed by atoms with Crippen LogP contribution in [0.25, 0.3) is 10.2 Å². The Hall–Kier alpha value is -2.63. The number of nitrogen functional groups attached to an aromatic ring is 1. The van der Waals surface area contributed by atoms with Gasteiger partial charge in [-0.25, -0.2) is 9.97 Å². The predicted octanol–water partition coefficient (Wildman–Crippen LogP) is 4.39. The predicted molar refractivity (Wildman–Crippen MR) is 118 cm³/mol. The Bertz CT molecular complexity index is 1120. The molecule has 8 heteroatoms. The standard InChI is InChI=1S/C21H21N5OS2/c1-12-6-7-14-16(10-12)29-20-18(14)19(23)25-21(26-20)28-9-8-17(27)24-15-5-3-2-4-13(15)11-22/h2-5,12H,6-10H2,1H3,(H,24,27)(H2,23,25,26). The van der Waals surface area contributed by atoms with Crippen molar-refractivity contribution in [1.29, 1.82) is 5.26 Å². The number of carbonyl (C=O) groups excluding carboxylic acids is 1. The van der Waals surface area contributed by atoms with Crippen LogP contribution in [0.1, 0.15) is 35.8 Å². The molecule has 1 aliphatic carbocycles. The Balaban J connectivity index is 1.41. The number of anilines is 2. The van der Waals surface area contributed by atoms with E-state index in [1.54, 1.807) is 35.6 Å². The molecule has 1 aliphatic rings. The molecule has 0 bridgehead atoms. The number of hydrogen-bond acceptors (Lipinski definition) is 7. The van der Waals surface area contributed by atoms with Gasteiger partial charge < -0.3 is 11.1 Å². The molecule has 3 N–H and O–H groups in total. The van der Waals surface area contributed by atoms with E-state index in [9.17, 15) is 4.79 Å². The largest absolute Gasteiger partial charge is 0.383 e. The summed E-state index contributed by atoms with van der Waals surface area (Å²) in [6.07, 6.45) is 3.60. The van der Waals surface area contributed by atoms with Crippen molar-refractivity contribution >= 4 is 50.7 Å². The molecule has 29 heavy (non-hydrogen) atoms. The fraction of sp³-hybridized carbons (Fsp3) is 0.333. The Morgan fingerprint density at radius 2 is 2.24 bits per heavy atom. The van der Waals surface area contributed by atoms with Crippen LogP contribution in [-0.4, -0.2) is 21.6 Å². The maximum atomic E-state index is 12.2. The molecule has 0 fully saturated rings. The minimum Gasteiger partial charge on any atom is -0.383 e. The Morgan fingerprint density at radius 1 is 1.41 bits per heavy atom. The molecule has 0 saturated carbocycles. The lowest BCUT2D eigenvalue weighted by molar-refractivity contribution is -0.115. The van der Waals surface area contributed by atoms with Gasteiger partial charge in [-0.3, -0.25) is 4.79 Å². The first-order valence-corrected chi connectivity index (χ1v) is 11.3. The van der Waals surface area contributed by atoms with Crippen molar-refractivity contribution in [3.05, 3.63) is 40.3 Å². The fourth-order valence-corrected chi connectivity index (χ4v) is 5.79. The zero-order valence-corrected chi connectivity index (χ0v) is 17.7. The van der Waals surface area contributed by atoms with Crippen molar-refractivity contribution < 1.29 is 4.79 Å². The number of aromatic nitrogens is 2. The van der Waals surface area contributed by atoms with Gasteiger partial charge in [0, 0.05) is 17.1 Å². The minimum absolute atomic E-state index is 0.144. The Kier molecular flexibility index (Phi) is 5.69. The topological polar surface area (TPSA) is 105 Å². The van der Waals surface area contributed by atoms with E-state index in [0.717, 1.165) is 23.1 Å². The highest BCUT2D eigenvalue weighted by atomic mass is 32.2. The molecule has 1 unspecified atom stereocenters. The molecule has 4 rings (SSSR count). The molecule has 0 radical (unpaired) electrons. The summed E-state index contributed by atoms with van der Waals surface area (Å²) in [6.45, 7) is 2.28. The van der Waals surface area contributed by atoms with Crippen molar-refractivity contribution in [2.45, 2.75) is 37.8 Å². The molecule has 0 spiro atoms. The average Bonchev–Trinajstić information content (AvgIpc) is 3.06. The third-order valence-corrected chi connectivity index (χ3v) is 7.04. The van der Waals surface area contributed by atoms with Crippen LogP contribution in [0.15, 0.2) is 29.4 Å². The van der Waals surface area contributed by atoms with Crippen LogP contribution >= 0.6 is 23.1 Å². The van der Waals surface area contributed by atoms with Crippen LogP contribution in [0.5, 0.6) is 0 Å². The summed E-state index contributed by atoms with van der Waals surface area (Å²) in [7, 11) is 0. The van der Waals surface area contributed by atoms with Crippen molar-refractivity contribution in [2.75, 3.05) is 16.8 Å². The van der Waals surface area contributed by atoms with Gasteiger partial charge in [0.1, 0.15) is 16.7 Å². The lowest BCUT2D eigenvalue weighted by Crippen LogP contribution is -2.13. The van der Waals surface area contributed by atoms with Gasteiger partial charge >= 0.3 is 0 Å². The van der Waals surface area contributed by atoms with Crippen LogP contribution < -0.4 is 11.1 Å². The number of nitrogens with one attached hydrogen (secondary N) is 1. The molecule has 6 nitrogen and oxygen atoms in total. The fourth-order valence-electron chi connectivity index (χ4n) is 3.55. The number of hydrogen-bond donors (Lipinski definition) is 2. The summed E-state index contributed by atoms with van der Waals surface area (Å²) < 4.78 is 0. The second-order valence-corrected chi connectivity index (χ2v) is 9.37. The van der Waals surface area contributed by atoms with Gasteiger partial charge in [0.25, 0.3) is 0 Å². The summed E-state index contributed by atoms with van der Waals surface area (Å²) in [6, 6.07) is 9.04. The maximum Gasteiger partial charge on any atom is 0.225 e. The highest BCUT2D eigenvalue weighted by Gasteiger charge is 2.23. The van der Waals surface area contributed by atoms with E-state index in [4.69, 9.17) is 11.0 Å². The SMILES string of the molecule is CC1CCc2c(sc3nc(SCCC(=O)Nc4ccccc4C#N)nc(N)c23)C1. The van der Waals surface area contributed by atoms with Crippen molar-refractivity contribution in [3.8, 4) is 6.07 Å². The number of amides is 1. The van der Waals surface area contributed by atoms with Crippen LogP contribution in [-0.2, 0) is 17.6 Å². The normalized spacial score (nSPS) is 15.7. The number of aryl methyl sites for hydroxylation is 1. The minimum atomic E-state index is -0.144. The average molecular weight is 424 g/mol. The number of nitrogens with two attached hydrogens (primary N) is 1. The molecule has 2 aromatic heterocycles. The molecule has 0 aliphatic heterocycles. The summed E-state index contributed by atoms with van der Waals surface area (Å²) >= 11 is 3.15. The zero-order valence-electron chi connectivity index (χ0n) is 16.1. The molecule has 0 saturated heterocycles. The van der Waals surface area contributed by atoms with E-state index < -0.39 is 0 Å². The molecule has 1 amide bonds. The molecular weight excluding hydrogens is 402 g/mol. The van der Waals surface area contributed by atoms with Gasteiger partial charge in [0.15, 0.2) is 5.16 Å². The van der Waals surface area contributed by atoms with Crippen molar-refractivity contribution in [3.63, 3.8) is 0 Å². The van der Waals surface area contributed by atoms with Gasteiger partial charge in [0.05, 0.1) is 16.6 Å². The van der Waals surface area contributed by atoms with Crippen molar-refractivity contribution in [2.24, 2.45) is 5.92 Å². The second-order valence-electron chi connectivity index (χ2n) is 7.23. The van der Waals surface area contributed by atoms with E-state index in [2.05, 4.69) is 28.3 Å². The third kappa shape index (κ3) is 4.21. The summed E-state index contributed by atoms with van der Waals surface area (Å²) in [5, 5.41) is 13.5. The van der Waals surface area contributed by atoms with Crippen LogP contribution in [0.3, 0.4) is 0 Å². The number of nitrogens with zero attached hydrogens (tertiary/aromatic N) is 3. The maximum absolute atomic E-state index is 12.2. The van der Waals surface area contributed by atoms with Gasteiger partial charge in [-0.15, -0.1) is 11.3 Å². The summed E-state index contributed by atoms with van der Waals surface area (Å²) in [5.41, 5.74) is 8.57. The first kappa shape index (κ1) is 19.7. The number of rotatable bonds is 5. The second kappa shape index (κ2) is 8.39. The monoisotopic (exact) mass is 423 g/mol. The van der Waals surface area contributed by atoms with Crippen LogP contribution in [0.4, 0.5) is 11.5 Å². The number of para-hydroxylation sites is 1. The molecule has 148 valence electrons. The number of thioether (sulfide) groups is 1. The van der Waals surface area contributed by atoms with Gasteiger partial charge in [-0.05, 0) is 42.9 Å². The van der Waals surface area contributed by atoms with Gasteiger partial charge in [0.2, 0.25) is 5.91 Å². The summed E-state index contributed by atoms with van der Waals surface area (Å²) in [4.78, 5) is 23.7. The van der Waals surface area contributed by atoms with E-state index in [1.165, 1.54) is 28.6 Å². The smallest absolute Gasteiger partial charge is 0.225 e. The van der Waals surface area contributed by atoms with E-state index in [0.29, 0.717) is 40.3 Å². The number of fused-ring (bicyclic) bond motifs is 3. The highest BCUT2D eigenvalue weighted by molar-refractivity contribution is 7.99. The lowest BCUT2D eigenvalue weighted by Gasteiger charge is -2.17. The third-order valence-electron chi connectivity index (χ3n) is 5.04. The van der Waals surface area contributed by atoms with E-state index >= 15 is 0 Å². The number of benzene rings is 1. The zero-order chi connectivity index (χ0) is 20.4. The van der Waals surface area contributed by atoms with E-state index in [1.807, 2.05) is 0 Å². The van der Waals surface area contributed by atoms with Gasteiger partial charge in [-0.2, -0.15) is 5.26 Å². The number of carbonyl (C=O) groups is 1.